The maximum Gasteiger partial charge on any atom is 0.321 e. The Hall–Kier alpha value is -1.10. The average molecular weight is 241 g/mol. The van der Waals surface area contributed by atoms with E-state index in [4.69, 9.17) is 9.26 Å². The molecule has 1 N–H and O–H groups in total. The molecule has 0 saturated heterocycles. The molecular formula is C12H23N3O2. The number of anilines is 1. The minimum atomic E-state index is -0.0525. The summed E-state index contributed by atoms with van der Waals surface area (Å²) in [6, 6.07) is 0.481. The van der Waals surface area contributed by atoms with E-state index in [9.17, 15) is 0 Å². The fraction of sp³-hybridized carbons (Fsp3) is 0.833. The molecule has 0 spiro atoms. The van der Waals surface area contributed by atoms with Gasteiger partial charge in [0, 0.05) is 13.2 Å². The van der Waals surface area contributed by atoms with Crippen LogP contribution < -0.4 is 5.32 Å². The van der Waals surface area contributed by atoms with Gasteiger partial charge in [-0.15, -0.1) is 0 Å². The molecule has 0 aliphatic rings. The van der Waals surface area contributed by atoms with Gasteiger partial charge in [0.1, 0.15) is 6.10 Å². The van der Waals surface area contributed by atoms with Crippen LogP contribution in [0.3, 0.4) is 0 Å². The van der Waals surface area contributed by atoms with Crippen LogP contribution in [0.1, 0.15) is 52.5 Å². The summed E-state index contributed by atoms with van der Waals surface area (Å²) in [5, 5.41) is 7.07. The summed E-state index contributed by atoms with van der Waals surface area (Å²) in [7, 11) is 0. The van der Waals surface area contributed by atoms with Crippen LogP contribution in [0.2, 0.25) is 0 Å². The molecule has 1 aromatic heterocycles. The number of hydrogen-bond acceptors (Lipinski definition) is 5. The highest BCUT2D eigenvalue weighted by Gasteiger charge is 2.17. The van der Waals surface area contributed by atoms with Crippen molar-refractivity contribution < 1.29 is 9.26 Å². The lowest BCUT2D eigenvalue weighted by Gasteiger charge is -2.11. The third-order valence-corrected chi connectivity index (χ3v) is 2.31. The highest BCUT2D eigenvalue weighted by Crippen LogP contribution is 2.21. The zero-order valence-corrected chi connectivity index (χ0v) is 11.2. The van der Waals surface area contributed by atoms with E-state index in [1.54, 1.807) is 0 Å². The zero-order chi connectivity index (χ0) is 12.7. The summed E-state index contributed by atoms with van der Waals surface area (Å²) in [6.07, 6.45) is 1.90. The molecule has 1 aromatic rings. The highest BCUT2D eigenvalue weighted by atomic mass is 16.5. The van der Waals surface area contributed by atoms with Crippen LogP contribution in [0, 0.1) is 5.92 Å². The van der Waals surface area contributed by atoms with Crippen molar-refractivity contribution in [3.63, 3.8) is 0 Å². The zero-order valence-electron chi connectivity index (χ0n) is 11.2. The van der Waals surface area contributed by atoms with E-state index in [1.165, 1.54) is 0 Å². The van der Waals surface area contributed by atoms with E-state index < -0.39 is 0 Å². The number of hydrogen-bond donors (Lipinski definition) is 1. The van der Waals surface area contributed by atoms with Gasteiger partial charge in [-0.25, -0.2) is 0 Å². The Morgan fingerprint density at radius 2 is 2.12 bits per heavy atom. The van der Waals surface area contributed by atoms with E-state index in [-0.39, 0.29) is 6.10 Å². The van der Waals surface area contributed by atoms with Crippen molar-refractivity contribution in [1.29, 1.82) is 0 Å². The number of nitrogens with one attached hydrogen (secondary N) is 1. The van der Waals surface area contributed by atoms with Gasteiger partial charge in [-0.3, -0.25) is 0 Å². The fourth-order valence-electron chi connectivity index (χ4n) is 1.48. The van der Waals surface area contributed by atoms with Gasteiger partial charge in [-0.05, 0) is 19.3 Å². The monoisotopic (exact) mass is 241 g/mol. The van der Waals surface area contributed by atoms with Crippen molar-refractivity contribution in [3.8, 4) is 0 Å². The molecule has 1 atom stereocenters. The second-order valence-corrected chi connectivity index (χ2v) is 4.47. The van der Waals surface area contributed by atoms with Gasteiger partial charge in [0.25, 0.3) is 0 Å². The molecule has 0 fully saturated rings. The van der Waals surface area contributed by atoms with Gasteiger partial charge >= 0.3 is 6.01 Å². The van der Waals surface area contributed by atoms with Crippen LogP contribution >= 0.6 is 0 Å². The first-order chi connectivity index (χ1) is 8.17. The molecule has 17 heavy (non-hydrogen) atoms. The number of aromatic nitrogens is 2. The van der Waals surface area contributed by atoms with Crippen LogP contribution in [0.25, 0.3) is 0 Å². The Kier molecular flexibility index (Phi) is 5.97. The molecule has 0 bridgehead atoms. The lowest BCUT2D eigenvalue weighted by molar-refractivity contribution is 0.0478. The predicted octanol–water partition coefficient (Wildman–Crippen LogP) is 3.02. The van der Waals surface area contributed by atoms with Crippen LogP contribution in [0.5, 0.6) is 0 Å². The molecule has 0 aliphatic carbocycles. The van der Waals surface area contributed by atoms with Crippen molar-refractivity contribution in [3.05, 3.63) is 5.82 Å². The molecule has 98 valence electrons. The summed E-state index contributed by atoms with van der Waals surface area (Å²) >= 11 is 0. The van der Waals surface area contributed by atoms with Crippen LogP contribution in [-0.4, -0.2) is 23.3 Å². The van der Waals surface area contributed by atoms with Gasteiger partial charge in [-0.1, -0.05) is 32.3 Å². The maximum absolute atomic E-state index is 5.59. The Labute approximate surface area is 103 Å². The van der Waals surface area contributed by atoms with Gasteiger partial charge in [-0.2, -0.15) is 4.98 Å². The van der Waals surface area contributed by atoms with E-state index in [2.05, 4.69) is 36.2 Å². The lowest BCUT2D eigenvalue weighted by Crippen LogP contribution is -2.09. The van der Waals surface area contributed by atoms with Gasteiger partial charge < -0.3 is 14.6 Å². The standard InChI is InChI=1S/C12H23N3O2/c1-5-7-10(16-6-2)11-14-12(17-15-11)13-8-9(3)4/h9-10H,5-8H2,1-4H3,(H,13,14,15). The van der Waals surface area contributed by atoms with Crippen molar-refractivity contribution in [2.24, 2.45) is 5.92 Å². The molecule has 5 heteroatoms. The number of nitrogens with zero attached hydrogens (tertiary/aromatic N) is 2. The van der Waals surface area contributed by atoms with E-state index in [0.717, 1.165) is 19.4 Å². The van der Waals surface area contributed by atoms with E-state index >= 15 is 0 Å². The van der Waals surface area contributed by atoms with Crippen molar-refractivity contribution >= 4 is 6.01 Å². The number of ether oxygens (including phenoxy) is 1. The molecule has 0 aromatic carbocycles. The van der Waals surface area contributed by atoms with Crippen LogP contribution in [-0.2, 0) is 4.74 Å². The van der Waals surface area contributed by atoms with Crippen LogP contribution in [0.15, 0.2) is 4.52 Å². The first-order valence-electron chi connectivity index (χ1n) is 6.36. The fourth-order valence-corrected chi connectivity index (χ4v) is 1.48. The molecule has 5 nitrogen and oxygen atoms in total. The second kappa shape index (κ2) is 7.27. The first kappa shape index (κ1) is 14.0. The summed E-state index contributed by atoms with van der Waals surface area (Å²) in [6.45, 7) is 9.84. The quantitative estimate of drug-likeness (QED) is 0.758. The van der Waals surface area contributed by atoms with Crippen LogP contribution in [0.4, 0.5) is 6.01 Å². The largest absolute Gasteiger partial charge is 0.370 e. The average Bonchev–Trinajstić information content (AvgIpc) is 2.74. The molecule has 1 unspecified atom stereocenters. The van der Waals surface area contributed by atoms with Gasteiger partial charge in [0.05, 0.1) is 0 Å². The third-order valence-electron chi connectivity index (χ3n) is 2.31. The minimum Gasteiger partial charge on any atom is -0.370 e. The Balaban J connectivity index is 2.57. The van der Waals surface area contributed by atoms with E-state index in [1.807, 2.05) is 6.92 Å². The molecule has 1 rings (SSSR count). The summed E-state index contributed by atoms with van der Waals surface area (Å²) < 4.78 is 10.7. The molecule has 0 amide bonds. The Morgan fingerprint density at radius 1 is 1.35 bits per heavy atom. The maximum atomic E-state index is 5.59. The Morgan fingerprint density at radius 3 is 2.71 bits per heavy atom. The SMILES string of the molecule is CCCC(OCC)c1noc(NCC(C)C)n1. The first-order valence-corrected chi connectivity index (χ1v) is 6.36. The summed E-state index contributed by atoms with van der Waals surface area (Å²) in [5.41, 5.74) is 0. The minimum absolute atomic E-state index is 0.0525. The van der Waals surface area contributed by atoms with E-state index in [0.29, 0.717) is 24.4 Å². The normalized spacial score (nSPS) is 13.0. The third kappa shape index (κ3) is 4.73. The molecule has 1 heterocycles. The van der Waals surface area contributed by atoms with Crippen molar-refractivity contribution in [2.45, 2.75) is 46.6 Å². The highest BCUT2D eigenvalue weighted by molar-refractivity contribution is 5.18. The molecular weight excluding hydrogens is 218 g/mol. The van der Waals surface area contributed by atoms with Gasteiger partial charge in [0.15, 0.2) is 0 Å². The topological polar surface area (TPSA) is 60.2 Å². The predicted molar refractivity (Wildman–Crippen MR) is 66.9 cm³/mol. The molecule has 0 saturated carbocycles. The van der Waals surface area contributed by atoms with Crippen molar-refractivity contribution in [2.75, 3.05) is 18.5 Å². The molecule has 0 aliphatic heterocycles. The lowest BCUT2D eigenvalue weighted by atomic mass is 10.2. The van der Waals surface area contributed by atoms with Crippen molar-refractivity contribution in [1.82, 2.24) is 10.1 Å². The molecule has 0 radical (unpaired) electrons. The Bertz CT molecular complexity index is 306. The summed E-state index contributed by atoms with van der Waals surface area (Å²) in [4.78, 5) is 4.31. The number of rotatable bonds is 8. The summed E-state index contributed by atoms with van der Waals surface area (Å²) in [5.74, 6) is 1.18. The second-order valence-electron chi connectivity index (χ2n) is 4.47. The smallest absolute Gasteiger partial charge is 0.321 e. The van der Waals surface area contributed by atoms with Gasteiger partial charge in [0.2, 0.25) is 5.82 Å².